The van der Waals surface area contributed by atoms with Crippen molar-refractivity contribution in [3.8, 4) is 0 Å². The lowest BCUT2D eigenvalue weighted by Gasteiger charge is -1.97. The first-order chi connectivity index (χ1) is 4.33. The first-order valence-corrected chi connectivity index (χ1v) is 3.58. The zero-order chi connectivity index (χ0) is 6.69. The molecule has 0 radical (unpaired) electrons. The van der Waals surface area contributed by atoms with E-state index < -0.39 is 0 Å². The van der Waals surface area contributed by atoms with Crippen LogP contribution in [0.4, 0.5) is 0 Å². The minimum absolute atomic E-state index is 0.321. The minimum Gasteiger partial charge on any atom is -0.307 e. The Labute approximate surface area is 55.6 Å². The second kappa shape index (κ2) is 2.97. The SMILES string of the molecule is CCC(=O)CNC1CC1. The first-order valence-electron chi connectivity index (χ1n) is 3.58. The van der Waals surface area contributed by atoms with E-state index in [9.17, 15) is 4.79 Å². The Hall–Kier alpha value is -0.370. The number of hydrogen-bond acceptors (Lipinski definition) is 2. The molecule has 2 heteroatoms. The van der Waals surface area contributed by atoms with Crippen molar-refractivity contribution in [2.45, 2.75) is 32.2 Å². The third-order valence-corrected chi connectivity index (χ3v) is 1.56. The summed E-state index contributed by atoms with van der Waals surface area (Å²) in [5.41, 5.74) is 0. The van der Waals surface area contributed by atoms with Crippen molar-refractivity contribution in [3.63, 3.8) is 0 Å². The van der Waals surface area contributed by atoms with Crippen LogP contribution in [0.25, 0.3) is 0 Å². The van der Waals surface area contributed by atoms with Gasteiger partial charge in [0.15, 0.2) is 0 Å². The normalized spacial score (nSPS) is 17.9. The fourth-order valence-corrected chi connectivity index (χ4v) is 0.671. The Balaban J connectivity index is 1.96. The molecular formula is C7H13NO. The van der Waals surface area contributed by atoms with Crippen molar-refractivity contribution in [2.75, 3.05) is 6.54 Å². The lowest BCUT2D eigenvalue weighted by Crippen LogP contribution is -2.23. The maximum absolute atomic E-state index is 10.7. The molecule has 0 heterocycles. The third-order valence-electron chi connectivity index (χ3n) is 1.56. The van der Waals surface area contributed by atoms with Crippen LogP contribution in [0.2, 0.25) is 0 Å². The largest absolute Gasteiger partial charge is 0.307 e. The molecule has 1 rings (SSSR count). The number of carbonyl (C=O) groups is 1. The van der Waals surface area contributed by atoms with Crippen molar-refractivity contribution < 1.29 is 4.79 Å². The summed E-state index contributed by atoms with van der Waals surface area (Å²) in [6.07, 6.45) is 3.19. The van der Waals surface area contributed by atoms with E-state index in [4.69, 9.17) is 0 Å². The van der Waals surface area contributed by atoms with Gasteiger partial charge in [0, 0.05) is 12.5 Å². The van der Waals surface area contributed by atoms with Crippen LogP contribution < -0.4 is 5.32 Å². The Morgan fingerprint density at radius 2 is 2.33 bits per heavy atom. The summed E-state index contributed by atoms with van der Waals surface area (Å²) in [7, 11) is 0. The first kappa shape index (κ1) is 6.75. The van der Waals surface area contributed by atoms with Crippen LogP contribution in [0.1, 0.15) is 26.2 Å². The average molecular weight is 127 g/mol. The Morgan fingerprint density at radius 3 is 2.78 bits per heavy atom. The summed E-state index contributed by atoms with van der Waals surface area (Å²) in [4.78, 5) is 10.7. The molecule has 0 aromatic carbocycles. The number of Topliss-reactive ketones (excluding diaryl/α,β-unsaturated/α-hetero) is 1. The molecule has 2 nitrogen and oxygen atoms in total. The molecule has 0 bridgehead atoms. The second-order valence-electron chi connectivity index (χ2n) is 2.55. The number of rotatable bonds is 4. The van der Waals surface area contributed by atoms with Gasteiger partial charge in [0.1, 0.15) is 5.78 Å². The molecule has 0 atom stereocenters. The van der Waals surface area contributed by atoms with Crippen LogP contribution in [-0.2, 0) is 4.79 Å². The number of carbonyl (C=O) groups excluding carboxylic acids is 1. The summed E-state index contributed by atoms with van der Waals surface area (Å²) in [5, 5.41) is 3.16. The van der Waals surface area contributed by atoms with Gasteiger partial charge in [-0.2, -0.15) is 0 Å². The maximum atomic E-state index is 10.7. The van der Waals surface area contributed by atoms with E-state index >= 15 is 0 Å². The molecule has 1 aliphatic rings. The van der Waals surface area contributed by atoms with Crippen molar-refractivity contribution >= 4 is 5.78 Å². The quantitative estimate of drug-likeness (QED) is 0.602. The summed E-state index contributed by atoms with van der Waals surface area (Å²) in [6, 6.07) is 0.667. The van der Waals surface area contributed by atoms with Crippen LogP contribution >= 0.6 is 0 Å². The fourth-order valence-electron chi connectivity index (χ4n) is 0.671. The lowest BCUT2D eigenvalue weighted by molar-refractivity contribution is -0.117. The van der Waals surface area contributed by atoms with Gasteiger partial charge in [-0.3, -0.25) is 4.79 Å². The van der Waals surface area contributed by atoms with Gasteiger partial charge < -0.3 is 5.32 Å². The van der Waals surface area contributed by atoms with Gasteiger partial charge in [-0.05, 0) is 12.8 Å². The molecule has 0 aromatic rings. The van der Waals surface area contributed by atoms with Gasteiger partial charge in [0.25, 0.3) is 0 Å². The van der Waals surface area contributed by atoms with Gasteiger partial charge in [0.2, 0.25) is 0 Å². The molecule has 0 saturated heterocycles. The van der Waals surface area contributed by atoms with E-state index in [2.05, 4.69) is 5.32 Å². The highest BCUT2D eigenvalue weighted by Crippen LogP contribution is 2.17. The zero-order valence-corrected chi connectivity index (χ0v) is 5.81. The molecule has 0 unspecified atom stereocenters. The van der Waals surface area contributed by atoms with Gasteiger partial charge in [-0.25, -0.2) is 0 Å². The predicted molar refractivity (Wildman–Crippen MR) is 36.3 cm³/mol. The maximum Gasteiger partial charge on any atom is 0.146 e. The summed E-state index contributed by atoms with van der Waals surface area (Å²) < 4.78 is 0. The van der Waals surface area contributed by atoms with Crippen LogP contribution in [-0.4, -0.2) is 18.4 Å². The van der Waals surface area contributed by atoms with E-state index in [0.717, 1.165) is 0 Å². The standard InChI is InChI=1S/C7H13NO/c1-2-7(9)5-8-6-3-4-6/h6,8H,2-5H2,1H3. The molecule has 52 valence electrons. The van der Waals surface area contributed by atoms with E-state index in [0.29, 0.717) is 24.8 Å². The van der Waals surface area contributed by atoms with Crippen molar-refractivity contribution in [2.24, 2.45) is 0 Å². The number of ketones is 1. The van der Waals surface area contributed by atoms with Crippen molar-refractivity contribution in [3.05, 3.63) is 0 Å². The summed E-state index contributed by atoms with van der Waals surface area (Å²) >= 11 is 0. The summed E-state index contributed by atoms with van der Waals surface area (Å²) in [5.74, 6) is 0.321. The average Bonchev–Trinajstić information content (AvgIpc) is 2.65. The Kier molecular flexibility index (Phi) is 2.22. The van der Waals surface area contributed by atoms with E-state index in [1.165, 1.54) is 12.8 Å². The van der Waals surface area contributed by atoms with Crippen LogP contribution in [0.3, 0.4) is 0 Å². The van der Waals surface area contributed by atoms with Gasteiger partial charge >= 0.3 is 0 Å². The van der Waals surface area contributed by atoms with Crippen molar-refractivity contribution in [1.29, 1.82) is 0 Å². The number of nitrogens with one attached hydrogen (secondary N) is 1. The smallest absolute Gasteiger partial charge is 0.146 e. The molecule has 0 spiro atoms. The predicted octanol–water partition coefficient (Wildman–Crippen LogP) is 0.718. The van der Waals surface area contributed by atoms with E-state index in [1.807, 2.05) is 6.92 Å². The lowest BCUT2D eigenvalue weighted by atomic mass is 10.3. The van der Waals surface area contributed by atoms with Crippen LogP contribution in [0.5, 0.6) is 0 Å². The Bertz CT molecular complexity index is 107. The molecule has 9 heavy (non-hydrogen) atoms. The minimum atomic E-state index is 0.321. The molecule has 1 N–H and O–H groups in total. The van der Waals surface area contributed by atoms with E-state index in [-0.39, 0.29) is 0 Å². The third kappa shape index (κ3) is 2.61. The monoisotopic (exact) mass is 127 g/mol. The molecule has 1 saturated carbocycles. The molecule has 1 aliphatic carbocycles. The van der Waals surface area contributed by atoms with Gasteiger partial charge in [0.05, 0.1) is 6.54 Å². The second-order valence-corrected chi connectivity index (χ2v) is 2.55. The molecule has 0 aliphatic heterocycles. The highest BCUT2D eigenvalue weighted by molar-refractivity contribution is 5.80. The van der Waals surface area contributed by atoms with Crippen LogP contribution in [0.15, 0.2) is 0 Å². The number of hydrogen-bond donors (Lipinski definition) is 1. The molecule has 0 aromatic heterocycles. The molecule has 0 amide bonds. The topological polar surface area (TPSA) is 29.1 Å². The molecular weight excluding hydrogens is 114 g/mol. The highest BCUT2D eigenvalue weighted by atomic mass is 16.1. The van der Waals surface area contributed by atoms with Crippen molar-refractivity contribution in [1.82, 2.24) is 5.32 Å². The van der Waals surface area contributed by atoms with E-state index in [1.54, 1.807) is 0 Å². The van der Waals surface area contributed by atoms with Gasteiger partial charge in [-0.15, -0.1) is 0 Å². The Morgan fingerprint density at radius 1 is 1.67 bits per heavy atom. The van der Waals surface area contributed by atoms with Gasteiger partial charge in [-0.1, -0.05) is 6.92 Å². The molecule has 1 fully saturated rings. The fraction of sp³-hybridized carbons (Fsp3) is 0.857. The van der Waals surface area contributed by atoms with Crippen LogP contribution in [0, 0.1) is 0 Å². The highest BCUT2D eigenvalue weighted by Gasteiger charge is 2.20. The zero-order valence-electron chi connectivity index (χ0n) is 5.81. The summed E-state index contributed by atoms with van der Waals surface area (Å²) in [6.45, 7) is 2.48.